The largest absolute Gasteiger partial charge is 0.475 e. The van der Waals surface area contributed by atoms with E-state index in [-0.39, 0.29) is 6.10 Å². The molecular weight excluding hydrogens is 284 g/mol. The van der Waals surface area contributed by atoms with E-state index >= 15 is 0 Å². The Hall–Kier alpha value is -2.34. The Kier molecular flexibility index (Phi) is 3.87. The number of nitrogens with zero attached hydrogens (tertiary/aromatic N) is 4. The zero-order chi connectivity index (χ0) is 14.7. The SMILES string of the molecule is CC(C)Oc1ccc(-c2nc(-c3cnccn3)cs2)cn1. The Morgan fingerprint density at radius 2 is 1.95 bits per heavy atom. The molecule has 6 heteroatoms. The number of hydrogen-bond acceptors (Lipinski definition) is 6. The lowest BCUT2D eigenvalue weighted by atomic mass is 10.3. The van der Waals surface area contributed by atoms with Crippen molar-refractivity contribution in [2.24, 2.45) is 0 Å². The summed E-state index contributed by atoms with van der Waals surface area (Å²) >= 11 is 1.56. The van der Waals surface area contributed by atoms with Crippen LogP contribution in [0, 0.1) is 0 Å². The van der Waals surface area contributed by atoms with Gasteiger partial charge < -0.3 is 4.74 Å². The van der Waals surface area contributed by atoms with Crippen molar-refractivity contribution < 1.29 is 4.74 Å². The van der Waals surface area contributed by atoms with E-state index in [0.717, 1.165) is 22.0 Å². The molecule has 0 saturated carbocycles. The van der Waals surface area contributed by atoms with E-state index in [0.29, 0.717) is 5.88 Å². The van der Waals surface area contributed by atoms with Crippen LogP contribution in [0.15, 0.2) is 42.3 Å². The summed E-state index contributed by atoms with van der Waals surface area (Å²) in [6.07, 6.45) is 6.90. The second-order valence-electron chi connectivity index (χ2n) is 4.68. The van der Waals surface area contributed by atoms with Gasteiger partial charge in [0.25, 0.3) is 0 Å². The standard InChI is InChI=1S/C15H14N4OS/c1-10(2)20-14-4-3-11(7-18-14)15-19-13(9-21-15)12-8-16-5-6-17-12/h3-10H,1-2H3. The first kappa shape index (κ1) is 13.6. The molecule has 0 spiro atoms. The van der Waals surface area contributed by atoms with Crippen LogP contribution in [-0.4, -0.2) is 26.0 Å². The summed E-state index contributed by atoms with van der Waals surface area (Å²) in [7, 11) is 0. The molecule has 3 aromatic heterocycles. The minimum Gasteiger partial charge on any atom is -0.475 e. The van der Waals surface area contributed by atoms with Gasteiger partial charge in [-0.1, -0.05) is 0 Å². The molecule has 5 nitrogen and oxygen atoms in total. The van der Waals surface area contributed by atoms with Crippen molar-refractivity contribution in [3.8, 4) is 27.8 Å². The topological polar surface area (TPSA) is 60.8 Å². The zero-order valence-corrected chi connectivity index (χ0v) is 12.5. The van der Waals surface area contributed by atoms with Crippen LogP contribution >= 0.6 is 11.3 Å². The van der Waals surface area contributed by atoms with Gasteiger partial charge in [0.2, 0.25) is 5.88 Å². The van der Waals surface area contributed by atoms with Crippen molar-refractivity contribution >= 4 is 11.3 Å². The average molecular weight is 298 g/mol. The van der Waals surface area contributed by atoms with Crippen molar-refractivity contribution in [2.75, 3.05) is 0 Å². The maximum absolute atomic E-state index is 5.53. The highest BCUT2D eigenvalue weighted by Gasteiger charge is 2.08. The third-order valence-corrected chi connectivity index (χ3v) is 3.56. The molecule has 0 N–H and O–H groups in total. The van der Waals surface area contributed by atoms with E-state index in [4.69, 9.17) is 4.74 Å². The normalized spacial score (nSPS) is 10.8. The number of aromatic nitrogens is 4. The number of ether oxygens (including phenoxy) is 1. The molecule has 0 amide bonds. The quantitative estimate of drug-likeness (QED) is 0.738. The summed E-state index contributed by atoms with van der Waals surface area (Å²) in [6.45, 7) is 3.95. The summed E-state index contributed by atoms with van der Waals surface area (Å²) in [5.41, 5.74) is 2.56. The van der Waals surface area contributed by atoms with Gasteiger partial charge in [-0.2, -0.15) is 0 Å². The minimum atomic E-state index is 0.117. The molecule has 0 aliphatic heterocycles. The molecule has 0 atom stereocenters. The van der Waals surface area contributed by atoms with Gasteiger partial charge in [-0.05, 0) is 19.9 Å². The van der Waals surface area contributed by atoms with Gasteiger partial charge in [-0.15, -0.1) is 11.3 Å². The van der Waals surface area contributed by atoms with Crippen molar-refractivity contribution in [2.45, 2.75) is 20.0 Å². The predicted molar refractivity (Wildman–Crippen MR) is 82.1 cm³/mol. The summed E-state index contributed by atoms with van der Waals surface area (Å²) < 4.78 is 5.53. The fourth-order valence-electron chi connectivity index (χ4n) is 1.77. The molecule has 0 radical (unpaired) electrons. The van der Waals surface area contributed by atoms with Gasteiger partial charge in [0.05, 0.1) is 12.3 Å². The second-order valence-corrected chi connectivity index (χ2v) is 5.54. The molecule has 0 aliphatic rings. The fourth-order valence-corrected chi connectivity index (χ4v) is 2.58. The number of rotatable bonds is 4. The van der Waals surface area contributed by atoms with Crippen molar-refractivity contribution in [1.29, 1.82) is 0 Å². The average Bonchev–Trinajstić information content (AvgIpc) is 2.98. The lowest BCUT2D eigenvalue weighted by Gasteiger charge is -2.08. The lowest BCUT2D eigenvalue weighted by molar-refractivity contribution is 0.232. The first-order valence-electron chi connectivity index (χ1n) is 6.57. The van der Waals surface area contributed by atoms with Crippen LogP contribution in [-0.2, 0) is 0 Å². The molecule has 0 bridgehead atoms. The van der Waals surface area contributed by atoms with E-state index < -0.39 is 0 Å². The Balaban J connectivity index is 1.83. The Bertz CT molecular complexity index is 710. The predicted octanol–water partition coefficient (Wildman–Crippen LogP) is 3.45. The minimum absolute atomic E-state index is 0.117. The maximum atomic E-state index is 5.53. The van der Waals surface area contributed by atoms with Crippen LogP contribution in [0.5, 0.6) is 5.88 Å². The highest BCUT2D eigenvalue weighted by Crippen LogP contribution is 2.28. The molecule has 3 heterocycles. The van der Waals surface area contributed by atoms with Crippen LogP contribution in [0.25, 0.3) is 22.0 Å². The highest BCUT2D eigenvalue weighted by atomic mass is 32.1. The second kappa shape index (κ2) is 5.97. The third kappa shape index (κ3) is 3.22. The van der Waals surface area contributed by atoms with Crippen LogP contribution in [0.1, 0.15) is 13.8 Å². The molecule has 0 aliphatic carbocycles. The number of thiazole rings is 1. The molecule has 0 fully saturated rings. The van der Waals surface area contributed by atoms with E-state index in [1.807, 2.05) is 31.4 Å². The lowest BCUT2D eigenvalue weighted by Crippen LogP contribution is -2.06. The number of hydrogen-bond donors (Lipinski definition) is 0. The van der Waals surface area contributed by atoms with Gasteiger partial charge in [0.1, 0.15) is 16.4 Å². The molecule has 0 aromatic carbocycles. The molecule has 21 heavy (non-hydrogen) atoms. The first-order valence-corrected chi connectivity index (χ1v) is 7.45. The van der Waals surface area contributed by atoms with Crippen LogP contribution in [0.3, 0.4) is 0 Å². The van der Waals surface area contributed by atoms with Crippen molar-refractivity contribution in [3.05, 3.63) is 42.3 Å². The molecule has 3 rings (SSSR count). The third-order valence-electron chi connectivity index (χ3n) is 2.67. The van der Waals surface area contributed by atoms with Crippen molar-refractivity contribution in [1.82, 2.24) is 19.9 Å². The highest BCUT2D eigenvalue weighted by molar-refractivity contribution is 7.13. The molecular formula is C15H14N4OS. The maximum Gasteiger partial charge on any atom is 0.213 e. The Morgan fingerprint density at radius 1 is 1.05 bits per heavy atom. The first-order chi connectivity index (χ1) is 10.2. The fraction of sp³-hybridized carbons (Fsp3) is 0.200. The summed E-state index contributed by atoms with van der Waals surface area (Å²) in [5.74, 6) is 0.624. The van der Waals surface area contributed by atoms with E-state index in [1.165, 1.54) is 0 Å². The van der Waals surface area contributed by atoms with Gasteiger partial charge in [-0.3, -0.25) is 9.97 Å². The van der Waals surface area contributed by atoms with Gasteiger partial charge in [-0.25, -0.2) is 9.97 Å². The molecule has 106 valence electrons. The summed E-state index contributed by atoms with van der Waals surface area (Å²) in [5, 5.41) is 2.87. The summed E-state index contributed by atoms with van der Waals surface area (Å²) in [6, 6.07) is 3.82. The molecule has 0 saturated heterocycles. The zero-order valence-electron chi connectivity index (χ0n) is 11.7. The number of pyridine rings is 1. The molecule has 0 unspecified atom stereocenters. The van der Waals surface area contributed by atoms with E-state index in [2.05, 4.69) is 19.9 Å². The van der Waals surface area contributed by atoms with Gasteiger partial charge >= 0.3 is 0 Å². The van der Waals surface area contributed by atoms with Gasteiger partial charge in [0, 0.05) is 35.6 Å². The monoisotopic (exact) mass is 298 g/mol. The van der Waals surface area contributed by atoms with Gasteiger partial charge in [0.15, 0.2) is 0 Å². The Morgan fingerprint density at radius 3 is 2.62 bits per heavy atom. The van der Waals surface area contributed by atoms with E-state index in [1.54, 1.807) is 36.1 Å². The van der Waals surface area contributed by atoms with E-state index in [9.17, 15) is 0 Å². The Labute approximate surface area is 126 Å². The van der Waals surface area contributed by atoms with Crippen molar-refractivity contribution in [3.63, 3.8) is 0 Å². The smallest absolute Gasteiger partial charge is 0.213 e. The summed E-state index contributed by atoms with van der Waals surface area (Å²) in [4.78, 5) is 17.2. The van der Waals surface area contributed by atoms with Crippen LogP contribution < -0.4 is 4.74 Å². The molecule has 3 aromatic rings. The van der Waals surface area contributed by atoms with Crippen LogP contribution in [0.4, 0.5) is 0 Å². The van der Waals surface area contributed by atoms with Crippen LogP contribution in [0.2, 0.25) is 0 Å².